The summed E-state index contributed by atoms with van der Waals surface area (Å²) < 4.78 is 28.4. The van der Waals surface area contributed by atoms with Crippen LogP contribution in [0.25, 0.3) is 11.1 Å². The normalized spacial score (nSPS) is 15.4. The second-order valence-corrected chi connectivity index (χ2v) is 9.68. The molecule has 0 radical (unpaired) electrons. The van der Waals surface area contributed by atoms with Crippen LogP contribution in [0.2, 0.25) is 10.0 Å². The number of halogens is 2. The van der Waals surface area contributed by atoms with Crippen LogP contribution in [0.15, 0.2) is 66.7 Å². The van der Waals surface area contributed by atoms with E-state index in [1.165, 1.54) is 10.4 Å². The number of anilines is 1. The van der Waals surface area contributed by atoms with Gasteiger partial charge < -0.3 is 5.11 Å². The number of nitrogens with zero attached hydrogens (tertiary/aromatic N) is 1. The van der Waals surface area contributed by atoms with Crippen molar-refractivity contribution in [3.05, 3.63) is 87.9 Å². The Bertz CT molecular complexity index is 1240. The Morgan fingerprint density at radius 1 is 0.933 bits per heavy atom. The smallest absolute Gasteiger partial charge is 0.305 e. The molecule has 0 saturated carbocycles. The van der Waals surface area contributed by atoms with E-state index >= 15 is 0 Å². The second kappa shape index (κ2) is 7.95. The minimum Gasteiger partial charge on any atom is -0.481 e. The summed E-state index contributed by atoms with van der Waals surface area (Å²) in [6.45, 7) is 0. The SMILES string of the molecule is O=C(O)CC1c2ccccc2-c2ccccc2N1S(=O)(=O)Cc1ccc(Cl)c(Cl)c1. The van der Waals surface area contributed by atoms with Crippen molar-refractivity contribution in [3.8, 4) is 11.1 Å². The van der Waals surface area contributed by atoms with E-state index in [0.29, 0.717) is 21.8 Å². The second-order valence-electron chi connectivity index (χ2n) is 7.02. The summed E-state index contributed by atoms with van der Waals surface area (Å²) in [5.41, 5.74) is 3.17. The maximum atomic E-state index is 13.6. The van der Waals surface area contributed by atoms with Crippen LogP contribution >= 0.6 is 23.2 Å². The Kier molecular flexibility index (Phi) is 5.49. The first-order valence-corrected chi connectivity index (χ1v) is 11.5. The summed E-state index contributed by atoms with van der Waals surface area (Å²) in [6.07, 6.45) is -0.355. The van der Waals surface area contributed by atoms with E-state index in [9.17, 15) is 18.3 Å². The molecule has 4 rings (SSSR count). The Balaban J connectivity index is 1.87. The zero-order valence-corrected chi connectivity index (χ0v) is 18.0. The average molecular weight is 462 g/mol. The molecule has 8 heteroatoms. The van der Waals surface area contributed by atoms with Gasteiger partial charge in [-0.2, -0.15) is 0 Å². The lowest BCUT2D eigenvalue weighted by atomic mass is 9.88. The van der Waals surface area contributed by atoms with Crippen molar-refractivity contribution in [3.63, 3.8) is 0 Å². The van der Waals surface area contributed by atoms with Gasteiger partial charge in [-0.3, -0.25) is 9.10 Å². The topological polar surface area (TPSA) is 74.7 Å². The number of fused-ring (bicyclic) bond motifs is 3. The maximum Gasteiger partial charge on any atom is 0.305 e. The lowest BCUT2D eigenvalue weighted by Gasteiger charge is -2.38. The average Bonchev–Trinajstić information content (AvgIpc) is 2.70. The highest BCUT2D eigenvalue weighted by molar-refractivity contribution is 7.92. The molecule has 3 aromatic carbocycles. The zero-order chi connectivity index (χ0) is 21.5. The minimum atomic E-state index is -3.95. The predicted octanol–water partition coefficient (Wildman–Crippen LogP) is 5.53. The Labute approximate surface area is 184 Å². The van der Waals surface area contributed by atoms with Crippen molar-refractivity contribution >= 4 is 44.9 Å². The molecular weight excluding hydrogens is 445 g/mol. The van der Waals surface area contributed by atoms with Gasteiger partial charge in [-0.1, -0.05) is 71.7 Å². The summed E-state index contributed by atoms with van der Waals surface area (Å²) in [5, 5.41) is 10.1. The molecule has 0 amide bonds. The first kappa shape index (κ1) is 20.7. The number of carboxylic acids is 1. The standard InChI is InChI=1S/C22H17Cl2NO4S/c23-18-10-9-14(11-19(18)24)13-30(28,29)25-20-8-4-3-6-16(20)15-5-1-2-7-17(15)21(25)12-22(26)27/h1-11,21H,12-13H2,(H,26,27). The summed E-state index contributed by atoms with van der Waals surface area (Å²) in [7, 11) is -3.95. The third kappa shape index (κ3) is 3.78. The van der Waals surface area contributed by atoms with Gasteiger partial charge in [0, 0.05) is 5.56 Å². The number of aliphatic carboxylic acids is 1. The van der Waals surface area contributed by atoms with Crippen LogP contribution in [-0.4, -0.2) is 19.5 Å². The van der Waals surface area contributed by atoms with Crippen molar-refractivity contribution < 1.29 is 18.3 Å². The van der Waals surface area contributed by atoms with Crippen LogP contribution < -0.4 is 4.31 Å². The van der Waals surface area contributed by atoms with Gasteiger partial charge in [0.2, 0.25) is 10.0 Å². The van der Waals surface area contributed by atoms with Crippen molar-refractivity contribution in [2.45, 2.75) is 18.2 Å². The van der Waals surface area contributed by atoms with Crippen molar-refractivity contribution in [1.29, 1.82) is 0 Å². The van der Waals surface area contributed by atoms with E-state index in [2.05, 4.69) is 0 Å². The predicted molar refractivity (Wildman–Crippen MR) is 118 cm³/mol. The Morgan fingerprint density at radius 2 is 1.60 bits per heavy atom. The molecule has 154 valence electrons. The molecule has 0 aromatic heterocycles. The van der Waals surface area contributed by atoms with Gasteiger partial charge >= 0.3 is 5.97 Å². The number of hydrogen-bond acceptors (Lipinski definition) is 3. The van der Waals surface area contributed by atoms with Gasteiger partial charge in [0.1, 0.15) is 0 Å². The highest BCUT2D eigenvalue weighted by Crippen LogP contribution is 2.47. The molecule has 5 nitrogen and oxygen atoms in total. The molecule has 1 aliphatic heterocycles. The van der Waals surface area contributed by atoms with Crippen LogP contribution in [0.5, 0.6) is 0 Å². The molecule has 1 heterocycles. The third-order valence-electron chi connectivity index (χ3n) is 5.04. The molecule has 0 fully saturated rings. The molecule has 0 spiro atoms. The van der Waals surface area contributed by atoms with Crippen LogP contribution in [0.4, 0.5) is 5.69 Å². The van der Waals surface area contributed by atoms with Crippen LogP contribution in [-0.2, 0) is 20.6 Å². The molecule has 1 atom stereocenters. The van der Waals surface area contributed by atoms with Crippen molar-refractivity contribution in [2.75, 3.05) is 4.31 Å². The minimum absolute atomic E-state index is 0.260. The van der Waals surface area contributed by atoms with Gasteiger partial charge in [-0.15, -0.1) is 0 Å². The van der Waals surface area contributed by atoms with E-state index in [1.54, 1.807) is 36.4 Å². The summed E-state index contributed by atoms with van der Waals surface area (Å²) in [4.78, 5) is 11.6. The number of sulfonamides is 1. The van der Waals surface area contributed by atoms with Crippen LogP contribution in [0, 0.1) is 0 Å². The Hall–Kier alpha value is -2.54. The highest BCUT2D eigenvalue weighted by atomic mass is 35.5. The monoisotopic (exact) mass is 461 g/mol. The van der Waals surface area contributed by atoms with Gasteiger partial charge in [0.05, 0.1) is 33.9 Å². The molecule has 30 heavy (non-hydrogen) atoms. The van der Waals surface area contributed by atoms with E-state index < -0.39 is 22.0 Å². The quantitative estimate of drug-likeness (QED) is 0.542. The largest absolute Gasteiger partial charge is 0.481 e. The number of carbonyl (C=O) groups is 1. The van der Waals surface area contributed by atoms with Crippen molar-refractivity contribution in [2.24, 2.45) is 0 Å². The first-order chi connectivity index (χ1) is 14.3. The Morgan fingerprint density at radius 3 is 2.30 bits per heavy atom. The highest BCUT2D eigenvalue weighted by Gasteiger charge is 2.39. The molecule has 3 aromatic rings. The van der Waals surface area contributed by atoms with E-state index in [0.717, 1.165) is 11.1 Å². The maximum absolute atomic E-state index is 13.6. The first-order valence-electron chi connectivity index (χ1n) is 9.14. The van der Waals surface area contributed by atoms with Gasteiger partial charge in [0.15, 0.2) is 0 Å². The summed E-state index contributed by atoms with van der Waals surface area (Å²) in [6, 6.07) is 18.2. The van der Waals surface area contributed by atoms with Crippen molar-refractivity contribution in [1.82, 2.24) is 0 Å². The summed E-state index contributed by atoms with van der Waals surface area (Å²) in [5.74, 6) is -1.42. The van der Waals surface area contributed by atoms with E-state index in [1.807, 2.05) is 24.3 Å². The zero-order valence-electron chi connectivity index (χ0n) is 15.6. The molecule has 1 N–H and O–H groups in total. The van der Waals surface area contributed by atoms with E-state index in [-0.39, 0.29) is 17.2 Å². The number of hydrogen-bond donors (Lipinski definition) is 1. The van der Waals surface area contributed by atoms with Gasteiger partial charge in [-0.25, -0.2) is 8.42 Å². The van der Waals surface area contributed by atoms with Gasteiger partial charge in [0.25, 0.3) is 0 Å². The fraction of sp³-hybridized carbons (Fsp3) is 0.136. The fourth-order valence-corrected chi connectivity index (χ4v) is 5.93. The molecular formula is C22H17Cl2NO4S. The van der Waals surface area contributed by atoms with Crippen LogP contribution in [0.3, 0.4) is 0 Å². The molecule has 1 unspecified atom stereocenters. The molecule has 0 bridgehead atoms. The molecule has 0 aliphatic carbocycles. The lowest BCUT2D eigenvalue weighted by Crippen LogP contribution is -2.39. The van der Waals surface area contributed by atoms with Gasteiger partial charge in [-0.05, 0) is 34.9 Å². The molecule has 0 saturated heterocycles. The number of para-hydroxylation sites is 1. The lowest BCUT2D eigenvalue weighted by molar-refractivity contribution is -0.137. The number of benzene rings is 3. The van der Waals surface area contributed by atoms with Crippen LogP contribution in [0.1, 0.15) is 23.6 Å². The van der Waals surface area contributed by atoms with E-state index in [4.69, 9.17) is 23.2 Å². The fourth-order valence-electron chi connectivity index (χ4n) is 3.83. The molecule has 1 aliphatic rings. The summed E-state index contributed by atoms with van der Waals surface area (Å²) >= 11 is 12.0. The number of rotatable bonds is 5. The third-order valence-corrected chi connectivity index (χ3v) is 7.52. The number of carboxylic acid groups (broad SMARTS) is 1.